The van der Waals surface area contributed by atoms with Gasteiger partial charge in [0.25, 0.3) is 0 Å². The summed E-state index contributed by atoms with van der Waals surface area (Å²) in [5.74, 6) is 0.178. The fourth-order valence-corrected chi connectivity index (χ4v) is 3.13. The van der Waals surface area contributed by atoms with Crippen molar-refractivity contribution in [3.8, 4) is 0 Å². The number of nitrogens with zero attached hydrogens (tertiary/aromatic N) is 3. The number of carbonyl (C=O) groups excluding carboxylic acids is 1. The first-order valence-corrected chi connectivity index (χ1v) is 7.88. The number of hydrogen-bond acceptors (Lipinski definition) is 3. The van der Waals surface area contributed by atoms with Gasteiger partial charge in [-0.25, -0.2) is 0 Å². The molecule has 22 heavy (non-hydrogen) atoms. The maximum atomic E-state index is 12.4. The summed E-state index contributed by atoms with van der Waals surface area (Å²) in [6.07, 6.45) is 2.57. The van der Waals surface area contributed by atoms with Crippen LogP contribution in [0.2, 0.25) is 0 Å². The van der Waals surface area contributed by atoms with Gasteiger partial charge in [0.2, 0.25) is 5.91 Å². The fourth-order valence-electron chi connectivity index (χ4n) is 3.13. The lowest BCUT2D eigenvalue weighted by Crippen LogP contribution is -2.48. The van der Waals surface area contributed by atoms with E-state index in [2.05, 4.69) is 30.2 Å². The van der Waals surface area contributed by atoms with E-state index in [0.717, 1.165) is 10.9 Å². The van der Waals surface area contributed by atoms with Crippen molar-refractivity contribution in [2.75, 3.05) is 13.1 Å². The highest BCUT2D eigenvalue weighted by Crippen LogP contribution is 2.16. The van der Waals surface area contributed by atoms with Crippen molar-refractivity contribution in [3.05, 3.63) is 30.0 Å². The van der Waals surface area contributed by atoms with Gasteiger partial charge in [0.15, 0.2) is 0 Å². The second kappa shape index (κ2) is 6.08. The number of benzene rings is 1. The first-order valence-electron chi connectivity index (χ1n) is 7.88. The van der Waals surface area contributed by atoms with Crippen LogP contribution in [0.5, 0.6) is 0 Å². The second-order valence-corrected chi connectivity index (χ2v) is 6.24. The number of morpholine rings is 1. The van der Waals surface area contributed by atoms with Crippen LogP contribution >= 0.6 is 0 Å². The molecule has 1 amide bonds. The van der Waals surface area contributed by atoms with Crippen molar-refractivity contribution in [2.24, 2.45) is 0 Å². The first-order chi connectivity index (χ1) is 10.5. The number of ether oxygens (including phenoxy) is 1. The third-order valence-electron chi connectivity index (χ3n) is 4.11. The number of hydrogen-bond donors (Lipinski definition) is 0. The Hall–Kier alpha value is -1.88. The van der Waals surface area contributed by atoms with Crippen LogP contribution < -0.4 is 0 Å². The summed E-state index contributed by atoms with van der Waals surface area (Å²) >= 11 is 0. The molecule has 2 aromatic rings. The van der Waals surface area contributed by atoms with Gasteiger partial charge in [-0.1, -0.05) is 11.6 Å². The molecule has 1 aliphatic heterocycles. The predicted octanol–water partition coefficient (Wildman–Crippen LogP) is 2.37. The SMILES string of the molecule is Cc1ccc2c(cnn2CCC(=O)N2CC(C)OC(C)C2)c1. The van der Waals surface area contributed by atoms with E-state index >= 15 is 0 Å². The van der Waals surface area contributed by atoms with Crippen LogP contribution in [0.1, 0.15) is 25.8 Å². The highest BCUT2D eigenvalue weighted by molar-refractivity contribution is 5.80. The molecule has 0 saturated carbocycles. The molecule has 0 aliphatic carbocycles. The van der Waals surface area contributed by atoms with Gasteiger partial charge in [0.05, 0.1) is 30.5 Å². The maximum absolute atomic E-state index is 12.4. The molecular weight excluding hydrogens is 278 g/mol. The standard InChI is InChI=1S/C17H23N3O2/c1-12-4-5-16-15(8-12)9-18-20(16)7-6-17(21)19-10-13(2)22-14(3)11-19/h4-5,8-9,13-14H,6-7,10-11H2,1-3H3. The second-order valence-electron chi connectivity index (χ2n) is 6.24. The van der Waals surface area contributed by atoms with Crippen molar-refractivity contribution in [1.82, 2.24) is 14.7 Å². The van der Waals surface area contributed by atoms with Crippen LogP contribution in [-0.4, -0.2) is 45.9 Å². The molecule has 5 heteroatoms. The quantitative estimate of drug-likeness (QED) is 0.874. The Morgan fingerprint density at radius 3 is 2.77 bits per heavy atom. The van der Waals surface area contributed by atoms with Gasteiger partial charge in [-0.15, -0.1) is 0 Å². The lowest BCUT2D eigenvalue weighted by atomic mass is 10.2. The molecule has 1 aromatic heterocycles. The molecular formula is C17H23N3O2. The highest BCUT2D eigenvalue weighted by Gasteiger charge is 2.25. The molecule has 1 aliphatic rings. The smallest absolute Gasteiger partial charge is 0.224 e. The molecule has 5 nitrogen and oxygen atoms in total. The van der Waals surface area contributed by atoms with Crippen molar-refractivity contribution in [3.63, 3.8) is 0 Å². The minimum atomic E-state index is 0.112. The Morgan fingerprint density at radius 1 is 1.32 bits per heavy atom. The number of aromatic nitrogens is 2. The van der Waals surface area contributed by atoms with Gasteiger partial charge >= 0.3 is 0 Å². The molecule has 0 bridgehead atoms. The molecule has 3 rings (SSSR count). The van der Waals surface area contributed by atoms with Crippen LogP contribution in [-0.2, 0) is 16.1 Å². The van der Waals surface area contributed by atoms with Crippen molar-refractivity contribution >= 4 is 16.8 Å². The monoisotopic (exact) mass is 301 g/mol. The molecule has 0 N–H and O–H groups in total. The molecule has 2 heterocycles. The first kappa shape index (κ1) is 15.0. The normalized spacial score (nSPS) is 22.2. The van der Waals surface area contributed by atoms with E-state index < -0.39 is 0 Å². The summed E-state index contributed by atoms with van der Waals surface area (Å²) in [6, 6.07) is 6.26. The van der Waals surface area contributed by atoms with E-state index in [9.17, 15) is 4.79 Å². The number of amides is 1. The van der Waals surface area contributed by atoms with Crippen LogP contribution in [0.25, 0.3) is 10.9 Å². The van der Waals surface area contributed by atoms with Gasteiger partial charge < -0.3 is 9.64 Å². The zero-order valence-corrected chi connectivity index (χ0v) is 13.5. The van der Waals surface area contributed by atoms with Crippen molar-refractivity contribution in [1.29, 1.82) is 0 Å². The molecule has 1 saturated heterocycles. The molecule has 1 aromatic carbocycles. The Kier molecular flexibility index (Phi) is 4.16. The van der Waals surface area contributed by atoms with E-state index in [4.69, 9.17) is 4.74 Å². The molecule has 0 spiro atoms. The van der Waals surface area contributed by atoms with E-state index in [0.29, 0.717) is 26.1 Å². The lowest BCUT2D eigenvalue weighted by Gasteiger charge is -2.35. The summed E-state index contributed by atoms with van der Waals surface area (Å²) in [4.78, 5) is 14.3. The van der Waals surface area contributed by atoms with E-state index in [-0.39, 0.29) is 18.1 Å². The average Bonchev–Trinajstić information content (AvgIpc) is 2.85. The zero-order chi connectivity index (χ0) is 15.7. The average molecular weight is 301 g/mol. The van der Waals surface area contributed by atoms with Gasteiger partial charge in [-0.3, -0.25) is 9.48 Å². The van der Waals surface area contributed by atoms with E-state index in [1.54, 1.807) is 0 Å². The highest BCUT2D eigenvalue weighted by atomic mass is 16.5. The van der Waals surface area contributed by atoms with Crippen LogP contribution in [0, 0.1) is 6.92 Å². The summed E-state index contributed by atoms with van der Waals surface area (Å²) in [6.45, 7) is 8.08. The Labute approximate surface area is 130 Å². The Morgan fingerprint density at radius 2 is 2.05 bits per heavy atom. The molecule has 2 atom stereocenters. The van der Waals surface area contributed by atoms with Gasteiger partial charge in [0.1, 0.15) is 0 Å². The summed E-state index contributed by atoms with van der Waals surface area (Å²) in [5.41, 5.74) is 2.31. The molecule has 118 valence electrons. The largest absolute Gasteiger partial charge is 0.372 e. The topological polar surface area (TPSA) is 47.4 Å². The Balaban J connectivity index is 1.65. The minimum absolute atomic E-state index is 0.112. The predicted molar refractivity (Wildman–Crippen MR) is 85.7 cm³/mol. The Bertz CT molecular complexity index is 670. The number of rotatable bonds is 3. The molecule has 2 unspecified atom stereocenters. The molecule has 1 fully saturated rings. The summed E-state index contributed by atoms with van der Waals surface area (Å²) in [7, 11) is 0. The molecule has 0 radical (unpaired) electrons. The number of aryl methyl sites for hydroxylation is 2. The third kappa shape index (κ3) is 3.14. The van der Waals surface area contributed by atoms with Crippen molar-refractivity contribution < 1.29 is 9.53 Å². The van der Waals surface area contributed by atoms with Gasteiger partial charge in [-0.05, 0) is 32.9 Å². The zero-order valence-electron chi connectivity index (χ0n) is 13.5. The van der Waals surface area contributed by atoms with Gasteiger partial charge in [0, 0.05) is 24.9 Å². The number of carbonyl (C=O) groups is 1. The van der Waals surface area contributed by atoms with Crippen LogP contribution in [0.15, 0.2) is 24.4 Å². The summed E-state index contributed by atoms with van der Waals surface area (Å²) < 4.78 is 7.59. The lowest BCUT2D eigenvalue weighted by molar-refractivity contribution is -0.143. The van der Waals surface area contributed by atoms with Crippen LogP contribution in [0.4, 0.5) is 0 Å². The fraction of sp³-hybridized carbons (Fsp3) is 0.529. The number of fused-ring (bicyclic) bond motifs is 1. The van der Waals surface area contributed by atoms with Crippen LogP contribution in [0.3, 0.4) is 0 Å². The van der Waals surface area contributed by atoms with E-state index in [1.807, 2.05) is 29.6 Å². The third-order valence-corrected chi connectivity index (χ3v) is 4.11. The van der Waals surface area contributed by atoms with Crippen molar-refractivity contribution in [2.45, 2.75) is 45.9 Å². The maximum Gasteiger partial charge on any atom is 0.224 e. The van der Waals surface area contributed by atoms with Gasteiger partial charge in [-0.2, -0.15) is 5.10 Å². The van der Waals surface area contributed by atoms with E-state index in [1.165, 1.54) is 5.56 Å². The summed E-state index contributed by atoms with van der Waals surface area (Å²) in [5, 5.41) is 5.53. The minimum Gasteiger partial charge on any atom is -0.372 e.